The summed E-state index contributed by atoms with van der Waals surface area (Å²) in [4.78, 5) is 17.2. The van der Waals surface area contributed by atoms with Crippen LogP contribution in [0, 0.1) is 5.92 Å². The topological polar surface area (TPSA) is 71.5 Å². The van der Waals surface area contributed by atoms with Gasteiger partial charge in [-0.15, -0.1) is 0 Å². The second-order valence-corrected chi connectivity index (χ2v) is 7.17. The van der Waals surface area contributed by atoms with Crippen molar-refractivity contribution in [3.8, 4) is 5.75 Å². The monoisotopic (exact) mass is 370 g/mol. The van der Waals surface area contributed by atoms with Crippen molar-refractivity contribution in [2.24, 2.45) is 5.92 Å². The maximum atomic E-state index is 12.8. The molecule has 1 unspecified atom stereocenters. The fourth-order valence-electron chi connectivity index (χ4n) is 3.41. The molecule has 4 rings (SSSR count). The van der Waals surface area contributed by atoms with Crippen molar-refractivity contribution in [3.63, 3.8) is 0 Å². The molecule has 0 bridgehead atoms. The highest BCUT2D eigenvalue weighted by Crippen LogP contribution is 2.38. The number of aliphatic hydroxyl groups excluding tert-OH is 1. The van der Waals surface area contributed by atoms with E-state index in [0.717, 1.165) is 11.3 Å². The van der Waals surface area contributed by atoms with E-state index in [1.165, 1.54) is 0 Å². The summed E-state index contributed by atoms with van der Waals surface area (Å²) >= 11 is 6.03. The van der Waals surface area contributed by atoms with Crippen LogP contribution in [0.15, 0.2) is 48.2 Å². The number of aliphatic hydroxyl groups is 1. The van der Waals surface area contributed by atoms with Crippen LogP contribution in [0.3, 0.4) is 0 Å². The Labute approximate surface area is 156 Å². The molecular formula is C20H19ClN2O3. The van der Waals surface area contributed by atoms with Crippen LogP contribution in [0.5, 0.6) is 5.75 Å². The predicted molar refractivity (Wildman–Crippen MR) is 98.8 cm³/mol. The lowest BCUT2D eigenvalue weighted by Gasteiger charge is -2.38. The molecule has 6 heteroatoms. The van der Waals surface area contributed by atoms with E-state index in [9.17, 15) is 9.90 Å². The van der Waals surface area contributed by atoms with Crippen LogP contribution in [0.2, 0.25) is 5.02 Å². The van der Waals surface area contributed by atoms with Gasteiger partial charge in [-0.05, 0) is 55.2 Å². The van der Waals surface area contributed by atoms with Crippen molar-refractivity contribution in [1.82, 2.24) is 10.3 Å². The molecule has 26 heavy (non-hydrogen) atoms. The van der Waals surface area contributed by atoms with Gasteiger partial charge in [-0.25, -0.2) is 0 Å². The Morgan fingerprint density at radius 1 is 1.31 bits per heavy atom. The number of halogens is 1. The normalized spacial score (nSPS) is 22.3. The zero-order valence-corrected chi connectivity index (χ0v) is 14.8. The lowest BCUT2D eigenvalue weighted by Crippen LogP contribution is -2.42. The largest absolute Gasteiger partial charge is 0.488 e. The molecule has 2 aromatic rings. The van der Waals surface area contributed by atoms with E-state index in [2.05, 4.69) is 10.3 Å². The van der Waals surface area contributed by atoms with Gasteiger partial charge in [0.2, 0.25) is 0 Å². The van der Waals surface area contributed by atoms with Gasteiger partial charge in [-0.3, -0.25) is 9.78 Å². The van der Waals surface area contributed by atoms with Crippen LogP contribution in [-0.2, 0) is 4.79 Å². The summed E-state index contributed by atoms with van der Waals surface area (Å²) in [6.07, 6.45) is 4.55. The molecule has 1 aromatic heterocycles. The molecule has 2 heterocycles. The second kappa shape index (κ2) is 7.09. The smallest absolute Gasteiger partial charge is 0.251 e. The van der Waals surface area contributed by atoms with Gasteiger partial charge in [-0.2, -0.15) is 0 Å². The predicted octanol–water partition coefficient (Wildman–Crippen LogP) is 3.14. The van der Waals surface area contributed by atoms with Crippen molar-refractivity contribution in [2.45, 2.75) is 25.0 Å². The quantitative estimate of drug-likeness (QED) is 0.867. The van der Waals surface area contributed by atoms with Gasteiger partial charge >= 0.3 is 0 Å². The van der Waals surface area contributed by atoms with Gasteiger partial charge in [0.05, 0.1) is 23.4 Å². The molecular weight excluding hydrogens is 352 g/mol. The van der Waals surface area contributed by atoms with Crippen molar-refractivity contribution < 1.29 is 14.6 Å². The van der Waals surface area contributed by atoms with Gasteiger partial charge in [0.1, 0.15) is 12.4 Å². The molecule has 1 aliphatic heterocycles. The third-order valence-corrected chi connectivity index (χ3v) is 5.13. The number of hydrogen-bond acceptors (Lipinski definition) is 4. The number of fused-ring (bicyclic) bond motifs is 1. The van der Waals surface area contributed by atoms with Gasteiger partial charge in [0, 0.05) is 16.8 Å². The van der Waals surface area contributed by atoms with Crippen molar-refractivity contribution in [1.29, 1.82) is 0 Å². The van der Waals surface area contributed by atoms with Crippen molar-refractivity contribution >= 4 is 23.6 Å². The van der Waals surface area contributed by atoms with Crippen molar-refractivity contribution in [3.05, 3.63) is 64.4 Å². The molecule has 1 saturated carbocycles. The minimum atomic E-state index is -0.297. The number of carbonyl (C=O) groups is 1. The molecule has 1 aliphatic carbocycles. The Balaban J connectivity index is 1.55. The molecule has 2 aliphatic rings. The third kappa shape index (κ3) is 3.45. The standard InChI is InChI=1S/C20H19ClN2O3/c21-15-4-5-18-12(8-15)7-14(11-26-18)20(25)23-19(13-9-16(24)10-13)17-3-1-2-6-22-17/h1-8,13,16,19,24H,9-11H2,(H,23,25). The Hall–Kier alpha value is -2.37. The first kappa shape index (κ1) is 17.1. The number of amides is 1. The Morgan fingerprint density at radius 2 is 2.15 bits per heavy atom. The first-order valence-corrected chi connectivity index (χ1v) is 9.01. The molecule has 0 radical (unpaired) electrons. The first-order valence-electron chi connectivity index (χ1n) is 8.63. The fourth-order valence-corrected chi connectivity index (χ4v) is 3.59. The molecule has 1 atom stereocenters. The number of carbonyl (C=O) groups excluding carboxylic acids is 1. The highest BCUT2D eigenvalue weighted by molar-refractivity contribution is 6.30. The summed E-state index contributed by atoms with van der Waals surface area (Å²) < 4.78 is 5.67. The summed E-state index contributed by atoms with van der Waals surface area (Å²) in [5.41, 5.74) is 2.14. The Morgan fingerprint density at radius 3 is 2.88 bits per heavy atom. The maximum absolute atomic E-state index is 12.8. The highest BCUT2D eigenvalue weighted by atomic mass is 35.5. The minimum absolute atomic E-state index is 0.177. The van der Waals surface area contributed by atoms with E-state index in [1.807, 2.05) is 24.3 Å². The van der Waals surface area contributed by atoms with E-state index < -0.39 is 0 Å². The summed E-state index contributed by atoms with van der Waals surface area (Å²) in [7, 11) is 0. The number of aromatic nitrogens is 1. The number of nitrogens with zero attached hydrogens (tertiary/aromatic N) is 1. The van der Waals surface area contributed by atoms with E-state index >= 15 is 0 Å². The molecule has 134 valence electrons. The number of nitrogens with one attached hydrogen (secondary N) is 1. The number of hydrogen-bond donors (Lipinski definition) is 2. The Bertz CT molecular complexity index is 847. The lowest BCUT2D eigenvalue weighted by atomic mass is 9.76. The Kier molecular flexibility index (Phi) is 4.66. The average Bonchev–Trinajstić information content (AvgIpc) is 2.63. The van der Waals surface area contributed by atoms with Gasteiger partial charge in [0.15, 0.2) is 0 Å². The van der Waals surface area contributed by atoms with Gasteiger partial charge in [0.25, 0.3) is 5.91 Å². The van der Waals surface area contributed by atoms with E-state index in [1.54, 1.807) is 24.4 Å². The molecule has 5 nitrogen and oxygen atoms in total. The van der Waals surface area contributed by atoms with Gasteiger partial charge in [-0.1, -0.05) is 17.7 Å². The summed E-state index contributed by atoms with van der Waals surface area (Å²) in [5, 5.41) is 13.3. The van der Waals surface area contributed by atoms with E-state index in [0.29, 0.717) is 29.2 Å². The number of ether oxygens (including phenoxy) is 1. The summed E-state index contributed by atoms with van der Waals surface area (Å²) in [6, 6.07) is 10.8. The first-order chi connectivity index (χ1) is 12.6. The molecule has 1 aromatic carbocycles. The molecule has 1 fully saturated rings. The average molecular weight is 371 g/mol. The highest BCUT2D eigenvalue weighted by Gasteiger charge is 2.36. The molecule has 2 N–H and O–H groups in total. The van der Waals surface area contributed by atoms with Crippen LogP contribution in [0.1, 0.15) is 30.1 Å². The second-order valence-electron chi connectivity index (χ2n) is 6.73. The summed E-state index contributed by atoms with van der Waals surface area (Å²) in [5.74, 6) is 0.706. The summed E-state index contributed by atoms with van der Waals surface area (Å²) in [6.45, 7) is 0.211. The number of benzene rings is 1. The van der Waals surface area contributed by atoms with Crippen LogP contribution >= 0.6 is 11.6 Å². The van der Waals surface area contributed by atoms with Gasteiger partial charge < -0.3 is 15.2 Å². The molecule has 1 amide bonds. The van der Waals surface area contributed by atoms with Crippen molar-refractivity contribution in [2.75, 3.05) is 6.61 Å². The minimum Gasteiger partial charge on any atom is -0.488 e. The number of pyridine rings is 1. The SMILES string of the molecule is O=C(NC(c1ccccn1)C1CC(O)C1)C1=Cc2cc(Cl)ccc2OC1. The lowest BCUT2D eigenvalue weighted by molar-refractivity contribution is -0.119. The van der Waals surface area contributed by atoms with Crippen LogP contribution in [0.4, 0.5) is 0 Å². The van der Waals surface area contributed by atoms with E-state index in [4.69, 9.17) is 16.3 Å². The van der Waals surface area contributed by atoms with E-state index in [-0.39, 0.29) is 30.6 Å². The zero-order valence-electron chi connectivity index (χ0n) is 14.1. The maximum Gasteiger partial charge on any atom is 0.251 e. The van der Waals surface area contributed by atoms with Crippen LogP contribution in [-0.4, -0.2) is 28.7 Å². The molecule has 0 saturated heterocycles. The number of rotatable bonds is 4. The van der Waals surface area contributed by atoms with Crippen LogP contribution < -0.4 is 10.1 Å². The molecule has 0 spiro atoms. The zero-order chi connectivity index (χ0) is 18.1. The third-order valence-electron chi connectivity index (χ3n) is 4.89. The fraction of sp³-hybridized carbons (Fsp3) is 0.300. The van der Waals surface area contributed by atoms with Crippen LogP contribution in [0.25, 0.3) is 6.08 Å².